The molecular weight excluding hydrogens is 270 g/mol. The Labute approximate surface area is 123 Å². The smallest absolute Gasteiger partial charge is 0.326 e. The van der Waals surface area contributed by atoms with E-state index in [2.05, 4.69) is 0 Å². The van der Waals surface area contributed by atoms with Gasteiger partial charge in [-0.2, -0.15) is 5.06 Å². The molecule has 3 fully saturated rings. The first-order valence-electron chi connectivity index (χ1n) is 7.58. The van der Waals surface area contributed by atoms with Gasteiger partial charge in [0.1, 0.15) is 12.1 Å². The number of carbonyl (C=O) groups excluding carboxylic acids is 1. The van der Waals surface area contributed by atoms with E-state index in [0.717, 1.165) is 25.0 Å². The zero-order valence-electron chi connectivity index (χ0n) is 11.8. The molecule has 1 aromatic carbocycles. The third kappa shape index (κ3) is 2.35. The standard InChI is InChI=1S/C16H19NO4/c18-16-14-12(10-20-16)15(13-7-4-8-19-13)21-17(14)9-11-5-2-1-3-6-11/h1-3,5-6,12-15H,4,7-10H2/t12-,13-,14+,15-/m1/s1. The molecule has 3 saturated heterocycles. The van der Waals surface area contributed by atoms with Crippen LogP contribution in [0.15, 0.2) is 30.3 Å². The molecule has 0 amide bonds. The number of benzene rings is 1. The molecule has 4 atom stereocenters. The number of hydroxylamine groups is 2. The molecule has 3 aliphatic heterocycles. The van der Waals surface area contributed by atoms with E-state index in [9.17, 15) is 4.79 Å². The van der Waals surface area contributed by atoms with E-state index in [1.54, 1.807) is 5.06 Å². The van der Waals surface area contributed by atoms with Gasteiger partial charge in [0.15, 0.2) is 0 Å². The Morgan fingerprint density at radius 2 is 2.10 bits per heavy atom. The van der Waals surface area contributed by atoms with Gasteiger partial charge in [-0.25, -0.2) is 0 Å². The summed E-state index contributed by atoms with van der Waals surface area (Å²) in [6.45, 7) is 1.83. The average Bonchev–Trinajstić information content (AvgIpc) is 3.20. The molecule has 3 heterocycles. The first-order chi connectivity index (χ1) is 10.3. The van der Waals surface area contributed by atoms with Crippen molar-refractivity contribution in [1.82, 2.24) is 5.06 Å². The predicted octanol–water partition coefficient (Wildman–Crippen LogP) is 1.52. The van der Waals surface area contributed by atoms with Crippen LogP contribution in [-0.4, -0.2) is 42.5 Å². The predicted molar refractivity (Wildman–Crippen MR) is 74.1 cm³/mol. The summed E-state index contributed by atoms with van der Waals surface area (Å²) in [5.74, 6) is -0.0826. The highest BCUT2D eigenvalue weighted by atomic mass is 16.7. The Kier molecular flexibility index (Phi) is 3.41. The minimum absolute atomic E-state index is 0.0623. The van der Waals surface area contributed by atoms with Crippen LogP contribution in [0.25, 0.3) is 0 Å². The van der Waals surface area contributed by atoms with Gasteiger partial charge in [-0.05, 0) is 18.4 Å². The first-order valence-corrected chi connectivity index (χ1v) is 7.58. The SMILES string of the molecule is O=C1OC[C@H]2[C@H]([C@H]3CCCO3)ON(Cc3ccccc3)[C@H]12. The fourth-order valence-corrected chi connectivity index (χ4v) is 3.54. The van der Waals surface area contributed by atoms with Crippen molar-refractivity contribution in [1.29, 1.82) is 0 Å². The molecule has 0 aromatic heterocycles. The van der Waals surface area contributed by atoms with E-state index < -0.39 is 0 Å². The fourth-order valence-electron chi connectivity index (χ4n) is 3.54. The summed E-state index contributed by atoms with van der Waals surface area (Å²) in [4.78, 5) is 18.1. The molecule has 0 unspecified atom stereocenters. The summed E-state index contributed by atoms with van der Waals surface area (Å²) in [6, 6.07) is 9.76. The molecule has 0 bridgehead atoms. The summed E-state index contributed by atoms with van der Waals surface area (Å²) in [5.41, 5.74) is 1.13. The van der Waals surface area contributed by atoms with Crippen LogP contribution < -0.4 is 0 Å². The zero-order chi connectivity index (χ0) is 14.2. The maximum atomic E-state index is 12.0. The molecule has 5 nitrogen and oxygen atoms in total. The second-order valence-electron chi connectivity index (χ2n) is 5.92. The van der Waals surface area contributed by atoms with Crippen LogP contribution in [0.1, 0.15) is 18.4 Å². The highest BCUT2D eigenvalue weighted by Gasteiger charge is 2.55. The quantitative estimate of drug-likeness (QED) is 0.790. The lowest BCUT2D eigenvalue weighted by molar-refractivity contribution is -0.204. The summed E-state index contributed by atoms with van der Waals surface area (Å²) in [7, 11) is 0. The molecule has 5 heteroatoms. The topological polar surface area (TPSA) is 48.0 Å². The molecule has 21 heavy (non-hydrogen) atoms. The van der Waals surface area contributed by atoms with Crippen LogP contribution in [0.2, 0.25) is 0 Å². The summed E-state index contributed by atoms with van der Waals surface area (Å²) < 4.78 is 11.0. The van der Waals surface area contributed by atoms with Gasteiger partial charge in [0.2, 0.25) is 0 Å². The lowest BCUT2D eigenvalue weighted by Gasteiger charge is -2.22. The van der Waals surface area contributed by atoms with Crippen LogP contribution in [0, 0.1) is 5.92 Å². The number of hydrogen-bond donors (Lipinski definition) is 0. The maximum Gasteiger partial charge on any atom is 0.326 e. The van der Waals surface area contributed by atoms with Crippen molar-refractivity contribution in [2.24, 2.45) is 5.92 Å². The van der Waals surface area contributed by atoms with Crippen molar-refractivity contribution in [2.45, 2.75) is 37.6 Å². The number of hydrogen-bond acceptors (Lipinski definition) is 5. The molecule has 1 aromatic rings. The molecular formula is C16H19NO4. The molecule has 3 aliphatic rings. The number of fused-ring (bicyclic) bond motifs is 1. The highest BCUT2D eigenvalue weighted by Crippen LogP contribution is 2.38. The molecule has 0 saturated carbocycles. The van der Waals surface area contributed by atoms with Gasteiger partial charge in [0.05, 0.1) is 25.2 Å². The van der Waals surface area contributed by atoms with Crippen LogP contribution >= 0.6 is 0 Å². The number of carbonyl (C=O) groups is 1. The van der Waals surface area contributed by atoms with Crippen molar-refractivity contribution in [3.8, 4) is 0 Å². The molecule has 0 N–H and O–H groups in total. The van der Waals surface area contributed by atoms with E-state index in [-0.39, 0.29) is 30.1 Å². The van der Waals surface area contributed by atoms with Gasteiger partial charge in [-0.15, -0.1) is 0 Å². The van der Waals surface area contributed by atoms with Gasteiger partial charge in [0.25, 0.3) is 0 Å². The fraction of sp³-hybridized carbons (Fsp3) is 0.562. The van der Waals surface area contributed by atoms with Crippen molar-refractivity contribution in [3.63, 3.8) is 0 Å². The number of ether oxygens (including phenoxy) is 2. The average molecular weight is 289 g/mol. The molecule has 112 valence electrons. The Balaban J connectivity index is 1.54. The van der Waals surface area contributed by atoms with Crippen LogP contribution in [-0.2, 0) is 25.7 Å². The van der Waals surface area contributed by atoms with Crippen LogP contribution in [0.5, 0.6) is 0 Å². The Hall–Kier alpha value is -1.43. The van der Waals surface area contributed by atoms with Crippen molar-refractivity contribution in [2.75, 3.05) is 13.2 Å². The number of esters is 1. The van der Waals surface area contributed by atoms with Crippen molar-refractivity contribution >= 4 is 5.97 Å². The third-order valence-electron chi connectivity index (χ3n) is 4.57. The van der Waals surface area contributed by atoms with Crippen LogP contribution in [0.3, 0.4) is 0 Å². The van der Waals surface area contributed by atoms with E-state index in [1.807, 2.05) is 30.3 Å². The second-order valence-corrected chi connectivity index (χ2v) is 5.92. The van der Waals surface area contributed by atoms with Gasteiger partial charge in [-0.3, -0.25) is 9.63 Å². The zero-order valence-corrected chi connectivity index (χ0v) is 11.8. The lowest BCUT2D eigenvalue weighted by Crippen LogP contribution is -2.35. The minimum atomic E-state index is -0.292. The maximum absolute atomic E-state index is 12.0. The third-order valence-corrected chi connectivity index (χ3v) is 4.57. The number of cyclic esters (lactones) is 1. The Morgan fingerprint density at radius 3 is 2.86 bits per heavy atom. The monoisotopic (exact) mass is 289 g/mol. The minimum Gasteiger partial charge on any atom is -0.464 e. The van der Waals surface area contributed by atoms with E-state index in [1.165, 1.54) is 0 Å². The van der Waals surface area contributed by atoms with Crippen LogP contribution in [0.4, 0.5) is 0 Å². The molecule has 4 rings (SSSR count). The highest BCUT2D eigenvalue weighted by molar-refractivity contribution is 5.78. The summed E-state index contributed by atoms with van der Waals surface area (Å²) >= 11 is 0. The first kappa shape index (κ1) is 13.2. The van der Waals surface area contributed by atoms with Crippen molar-refractivity contribution in [3.05, 3.63) is 35.9 Å². The van der Waals surface area contributed by atoms with Gasteiger partial charge < -0.3 is 9.47 Å². The Morgan fingerprint density at radius 1 is 1.24 bits per heavy atom. The van der Waals surface area contributed by atoms with Gasteiger partial charge in [-0.1, -0.05) is 30.3 Å². The number of rotatable bonds is 3. The van der Waals surface area contributed by atoms with E-state index in [4.69, 9.17) is 14.3 Å². The van der Waals surface area contributed by atoms with Gasteiger partial charge in [0, 0.05) is 6.61 Å². The number of nitrogens with zero attached hydrogens (tertiary/aromatic N) is 1. The molecule has 0 radical (unpaired) electrons. The van der Waals surface area contributed by atoms with E-state index in [0.29, 0.717) is 13.2 Å². The largest absolute Gasteiger partial charge is 0.464 e. The normalized spacial score (nSPS) is 35.9. The second kappa shape index (κ2) is 5.40. The lowest BCUT2D eigenvalue weighted by atomic mass is 9.93. The molecule has 0 aliphatic carbocycles. The van der Waals surface area contributed by atoms with E-state index >= 15 is 0 Å². The Bertz CT molecular complexity index is 514. The summed E-state index contributed by atoms with van der Waals surface area (Å²) in [5, 5.41) is 1.79. The van der Waals surface area contributed by atoms with Gasteiger partial charge >= 0.3 is 5.97 Å². The van der Waals surface area contributed by atoms with Crippen molar-refractivity contribution < 1.29 is 19.1 Å². The summed E-state index contributed by atoms with van der Waals surface area (Å²) in [6.07, 6.45) is 2.09. The molecule has 0 spiro atoms.